The highest BCUT2D eigenvalue weighted by Crippen LogP contribution is 2.22. The van der Waals surface area contributed by atoms with Gasteiger partial charge >= 0.3 is 0 Å². The van der Waals surface area contributed by atoms with Crippen molar-refractivity contribution in [3.63, 3.8) is 0 Å². The van der Waals surface area contributed by atoms with Gasteiger partial charge in [-0.2, -0.15) is 4.37 Å². The van der Waals surface area contributed by atoms with Crippen molar-refractivity contribution in [1.82, 2.24) is 14.3 Å². The van der Waals surface area contributed by atoms with Crippen LogP contribution in [0.5, 0.6) is 0 Å². The third-order valence-corrected chi connectivity index (χ3v) is 5.64. The highest BCUT2D eigenvalue weighted by molar-refractivity contribution is 7.93. The summed E-state index contributed by atoms with van der Waals surface area (Å²) < 4.78 is 36.7. The first-order valence-electron chi connectivity index (χ1n) is 7.61. The zero-order valence-electron chi connectivity index (χ0n) is 13.5. The molecule has 8 nitrogen and oxygen atoms in total. The molecule has 0 spiro atoms. The molecule has 0 amide bonds. The Hall–Kier alpha value is -1.78. The van der Waals surface area contributed by atoms with Crippen molar-refractivity contribution in [2.24, 2.45) is 0 Å². The lowest BCUT2D eigenvalue weighted by atomic mass is 10.2. The number of nitrogens with one attached hydrogen (secondary N) is 1. The van der Waals surface area contributed by atoms with Crippen molar-refractivity contribution in [1.29, 1.82) is 0 Å². The van der Waals surface area contributed by atoms with E-state index in [1.165, 1.54) is 6.20 Å². The second-order valence-electron chi connectivity index (χ2n) is 5.67. The summed E-state index contributed by atoms with van der Waals surface area (Å²) in [5, 5.41) is 0.260. The van der Waals surface area contributed by atoms with Crippen LogP contribution in [-0.2, 0) is 14.8 Å². The van der Waals surface area contributed by atoms with Crippen LogP contribution < -0.4 is 9.62 Å². The smallest absolute Gasteiger partial charge is 0.265 e. The summed E-state index contributed by atoms with van der Waals surface area (Å²) in [6.07, 6.45) is 1.36. The molecule has 1 aliphatic heterocycles. The fraction of sp³-hybridized carbons (Fsp3) is 0.500. The van der Waals surface area contributed by atoms with Crippen LogP contribution in [0.25, 0.3) is 0 Å². The van der Waals surface area contributed by atoms with E-state index in [9.17, 15) is 8.42 Å². The Morgan fingerprint density at radius 3 is 2.62 bits per heavy atom. The standard InChI is InChI=1S/C14H19N5O3S2/c1-10(2)13-16-14(23-17-13)18-24(20,21)11-3-4-12(15-9-11)19-5-7-22-8-6-19/h3-4,9-10H,5-8H2,1-2H3,(H,16,17,18). The summed E-state index contributed by atoms with van der Waals surface area (Å²) in [5.74, 6) is 1.52. The number of aromatic nitrogens is 3. The summed E-state index contributed by atoms with van der Waals surface area (Å²) in [7, 11) is -3.72. The SMILES string of the molecule is CC(C)c1nsc(NS(=O)(=O)c2ccc(N3CCOCC3)nc2)n1. The molecule has 0 unspecified atom stereocenters. The van der Waals surface area contributed by atoms with Gasteiger partial charge in [0.1, 0.15) is 16.5 Å². The predicted molar refractivity (Wildman–Crippen MR) is 92.1 cm³/mol. The van der Waals surface area contributed by atoms with Gasteiger partial charge in [-0.25, -0.2) is 18.4 Å². The topological polar surface area (TPSA) is 97.3 Å². The Kier molecular flexibility index (Phi) is 4.97. The van der Waals surface area contributed by atoms with Gasteiger partial charge in [-0.15, -0.1) is 0 Å². The van der Waals surface area contributed by atoms with Crippen LogP contribution in [-0.4, -0.2) is 49.1 Å². The molecule has 130 valence electrons. The molecule has 3 rings (SSSR count). The van der Waals surface area contributed by atoms with Crippen LogP contribution in [0.2, 0.25) is 0 Å². The lowest BCUT2D eigenvalue weighted by molar-refractivity contribution is 0.122. The molecule has 0 radical (unpaired) electrons. The van der Waals surface area contributed by atoms with E-state index in [1.807, 2.05) is 13.8 Å². The number of nitrogens with zero attached hydrogens (tertiary/aromatic N) is 4. The van der Waals surface area contributed by atoms with Crippen LogP contribution in [0.1, 0.15) is 25.6 Å². The maximum atomic E-state index is 12.4. The van der Waals surface area contributed by atoms with Gasteiger partial charge < -0.3 is 9.64 Å². The number of anilines is 2. The highest BCUT2D eigenvalue weighted by atomic mass is 32.2. The summed E-state index contributed by atoms with van der Waals surface area (Å²) in [6.45, 7) is 6.71. The largest absolute Gasteiger partial charge is 0.378 e. The minimum atomic E-state index is -3.72. The second-order valence-corrected chi connectivity index (χ2v) is 8.10. The summed E-state index contributed by atoms with van der Waals surface area (Å²) >= 11 is 1.03. The summed E-state index contributed by atoms with van der Waals surface area (Å²) in [5.41, 5.74) is 0. The second kappa shape index (κ2) is 6.99. The van der Waals surface area contributed by atoms with Gasteiger partial charge in [-0.05, 0) is 12.1 Å². The van der Waals surface area contributed by atoms with Gasteiger partial charge in [0.2, 0.25) is 5.13 Å². The molecule has 0 atom stereocenters. The molecule has 1 fully saturated rings. The van der Waals surface area contributed by atoms with Crippen LogP contribution in [0.4, 0.5) is 10.9 Å². The van der Waals surface area contributed by atoms with Gasteiger partial charge in [0.15, 0.2) is 0 Å². The Bertz CT molecular complexity index is 783. The van der Waals surface area contributed by atoms with Gasteiger partial charge in [-0.1, -0.05) is 13.8 Å². The third-order valence-electron chi connectivity index (χ3n) is 3.55. The quantitative estimate of drug-likeness (QED) is 0.856. The number of ether oxygens (including phenoxy) is 1. The Labute approximate surface area is 145 Å². The van der Waals surface area contributed by atoms with Gasteiger partial charge in [0.25, 0.3) is 10.0 Å². The minimum absolute atomic E-state index is 0.0980. The average molecular weight is 369 g/mol. The molecule has 3 heterocycles. The molecule has 2 aromatic rings. The Morgan fingerprint density at radius 2 is 2.04 bits per heavy atom. The average Bonchev–Trinajstić information content (AvgIpc) is 3.04. The molecule has 0 saturated carbocycles. The molecular formula is C14H19N5O3S2. The van der Waals surface area contributed by atoms with Gasteiger partial charge in [0.05, 0.1) is 13.2 Å². The molecule has 1 aliphatic rings. The maximum absolute atomic E-state index is 12.4. The minimum Gasteiger partial charge on any atom is -0.378 e. The number of morpholine rings is 1. The fourth-order valence-corrected chi connectivity index (χ4v) is 4.07. The first-order chi connectivity index (χ1) is 11.5. The molecule has 2 aromatic heterocycles. The maximum Gasteiger partial charge on any atom is 0.265 e. The molecule has 1 saturated heterocycles. The van der Waals surface area contributed by atoms with E-state index in [0.29, 0.717) is 19.0 Å². The van der Waals surface area contributed by atoms with Crippen molar-refractivity contribution >= 4 is 32.5 Å². The highest BCUT2D eigenvalue weighted by Gasteiger charge is 2.19. The van der Waals surface area contributed by atoms with E-state index >= 15 is 0 Å². The van der Waals surface area contributed by atoms with Gasteiger partial charge in [0, 0.05) is 36.7 Å². The summed E-state index contributed by atoms with van der Waals surface area (Å²) in [6, 6.07) is 3.25. The van der Waals surface area contributed by atoms with Crippen molar-refractivity contribution in [2.75, 3.05) is 35.9 Å². The molecule has 10 heteroatoms. The van der Waals surface area contributed by atoms with E-state index in [1.54, 1.807) is 12.1 Å². The third kappa shape index (κ3) is 3.82. The lowest BCUT2D eigenvalue weighted by Crippen LogP contribution is -2.36. The van der Waals surface area contributed by atoms with E-state index in [-0.39, 0.29) is 15.9 Å². The van der Waals surface area contributed by atoms with Crippen LogP contribution in [0, 0.1) is 0 Å². The molecule has 0 bridgehead atoms. The van der Waals surface area contributed by atoms with Crippen LogP contribution in [0.3, 0.4) is 0 Å². The monoisotopic (exact) mass is 369 g/mol. The van der Waals surface area contributed by atoms with E-state index in [0.717, 1.165) is 30.4 Å². The van der Waals surface area contributed by atoms with Crippen LogP contribution >= 0.6 is 11.5 Å². The number of pyridine rings is 1. The number of hydrogen-bond acceptors (Lipinski definition) is 8. The predicted octanol–water partition coefficient (Wildman–Crippen LogP) is 1.69. The van der Waals surface area contributed by atoms with Crippen LogP contribution in [0.15, 0.2) is 23.2 Å². The van der Waals surface area contributed by atoms with E-state index in [4.69, 9.17) is 4.74 Å². The lowest BCUT2D eigenvalue weighted by Gasteiger charge is -2.27. The summed E-state index contributed by atoms with van der Waals surface area (Å²) in [4.78, 5) is 10.6. The Morgan fingerprint density at radius 1 is 1.29 bits per heavy atom. The van der Waals surface area contributed by atoms with E-state index < -0.39 is 10.0 Å². The van der Waals surface area contributed by atoms with Gasteiger partial charge in [-0.3, -0.25) is 4.72 Å². The molecule has 1 N–H and O–H groups in total. The van der Waals surface area contributed by atoms with Crippen molar-refractivity contribution in [3.8, 4) is 0 Å². The zero-order chi connectivity index (χ0) is 17.2. The van der Waals surface area contributed by atoms with Crippen molar-refractivity contribution < 1.29 is 13.2 Å². The number of rotatable bonds is 5. The first kappa shape index (κ1) is 17.1. The first-order valence-corrected chi connectivity index (χ1v) is 9.86. The Balaban J connectivity index is 1.74. The van der Waals surface area contributed by atoms with Crippen molar-refractivity contribution in [3.05, 3.63) is 24.2 Å². The number of sulfonamides is 1. The zero-order valence-corrected chi connectivity index (χ0v) is 15.1. The van der Waals surface area contributed by atoms with E-state index in [2.05, 4.69) is 24.0 Å². The molecule has 24 heavy (non-hydrogen) atoms. The fourth-order valence-electron chi connectivity index (χ4n) is 2.20. The number of hydrogen-bond donors (Lipinski definition) is 1. The normalized spacial score (nSPS) is 15.7. The van der Waals surface area contributed by atoms with Crippen molar-refractivity contribution in [2.45, 2.75) is 24.7 Å². The molecular weight excluding hydrogens is 350 g/mol. The molecule has 0 aliphatic carbocycles. The molecule has 0 aromatic carbocycles.